The lowest BCUT2D eigenvalue weighted by Crippen LogP contribution is -2.31. The molecule has 4 rings (SSSR count). The van der Waals surface area contributed by atoms with Crippen molar-refractivity contribution in [2.75, 3.05) is 22.5 Å². The average Bonchev–Trinajstić information content (AvgIpc) is 2.66. The molecule has 1 aromatic heterocycles. The summed E-state index contributed by atoms with van der Waals surface area (Å²) in [7, 11) is 0. The van der Waals surface area contributed by atoms with E-state index in [1.165, 1.54) is 22.3 Å². The van der Waals surface area contributed by atoms with Crippen LogP contribution in [-0.4, -0.2) is 16.5 Å². The number of nitrogen functional groups attached to an aromatic ring is 1. The van der Waals surface area contributed by atoms with Gasteiger partial charge in [0.05, 0.1) is 0 Å². The Labute approximate surface area is 153 Å². The molecule has 2 aromatic carbocycles. The summed E-state index contributed by atoms with van der Waals surface area (Å²) in [5, 5.41) is 3.38. The van der Waals surface area contributed by atoms with E-state index in [4.69, 9.17) is 5.73 Å². The lowest BCUT2D eigenvalue weighted by molar-refractivity contribution is 0.721. The summed E-state index contributed by atoms with van der Waals surface area (Å²) in [6, 6.07) is 14.7. The van der Waals surface area contributed by atoms with E-state index in [1.807, 2.05) is 12.1 Å². The van der Waals surface area contributed by atoms with Gasteiger partial charge in [-0.25, -0.2) is 9.97 Å². The Kier molecular flexibility index (Phi) is 4.21. The fourth-order valence-electron chi connectivity index (χ4n) is 3.43. The maximum absolute atomic E-state index is 6.44. The van der Waals surface area contributed by atoms with Crippen molar-refractivity contribution >= 4 is 23.0 Å². The minimum Gasteiger partial charge on any atom is -0.393 e. The third-order valence-corrected chi connectivity index (χ3v) is 5.15. The standard InChI is InChI=1S/C21H23N5/c1-14-6-5-9-18(15(14)2)25-20-19(22)21(24-13-23-20)26-11-10-16-7-3-4-8-17(16)12-26/h3-9,13H,10-12,22H2,1-2H3,(H,23,24,25). The second-order valence-electron chi connectivity index (χ2n) is 6.77. The zero-order valence-corrected chi connectivity index (χ0v) is 15.2. The summed E-state index contributed by atoms with van der Waals surface area (Å²) in [6.07, 6.45) is 2.58. The van der Waals surface area contributed by atoms with Crippen LogP contribution < -0.4 is 16.0 Å². The van der Waals surface area contributed by atoms with E-state index in [0.717, 1.165) is 31.0 Å². The largest absolute Gasteiger partial charge is 0.393 e. The number of aryl methyl sites for hydroxylation is 1. The highest BCUT2D eigenvalue weighted by Gasteiger charge is 2.20. The van der Waals surface area contributed by atoms with E-state index in [-0.39, 0.29) is 0 Å². The van der Waals surface area contributed by atoms with Gasteiger partial charge in [-0.15, -0.1) is 0 Å². The van der Waals surface area contributed by atoms with E-state index < -0.39 is 0 Å². The monoisotopic (exact) mass is 345 g/mol. The smallest absolute Gasteiger partial charge is 0.159 e. The lowest BCUT2D eigenvalue weighted by Gasteiger charge is -2.30. The number of benzene rings is 2. The van der Waals surface area contributed by atoms with Gasteiger partial charge in [-0.1, -0.05) is 36.4 Å². The van der Waals surface area contributed by atoms with Crippen molar-refractivity contribution in [2.45, 2.75) is 26.8 Å². The number of hydrogen-bond donors (Lipinski definition) is 2. The molecule has 0 spiro atoms. The molecule has 26 heavy (non-hydrogen) atoms. The number of fused-ring (bicyclic) bond motifs is 1. The van der Waals surface area contributed by atoms with Gasteiger partial charge in [0.2, 0.25) is 0 Å². The van der Waals surface area contributed by atoms with Gasteiger partial charge >= 0.3 is 0 Å². The summed E-state index contributed by atoms with van der Waals surface area (Å²) in [4.78, 5) is 11.1. The molecule has 5 heteroatoms. The third kappa shape index (κ3) is 2.96. The van der Waals surface area contributed by atoms with Crippen molar-refractivity contribution in [1.29, 1.82) is 0 Å². The Bertz CT molecular complexity index is 951. The molecule has 2 heterocycles. The van der Waals surface area contributed by atoms with Crippen molar-refractivity contribution in [3.8, 4) is 0 Å². The van der Waals surface area contributed by atoms with Gasteiger partial charge in [-0.05, 0) is 48.6 Å². The Balaban J connectivity index is 1.63. The summed E-state index contributed by atoms with van der Waals surface area (Å²) in [5.74, 6) is 1.45. The zero-order valence-electron chi connectivity index (χ0n) is 15.2. The Morgan fingerprint density at radius 1 is 1.00 bits per heavy atom. The molecule has 0 saturated carbocycles. The van der Waals surface area contributed by atoms with Gasteiger partial charge in [0, 0.05) is 18.8 Å². The Hall–Kier alpha value is -3.08. The predicted octanol–water partition coefficient (Wildman–Crippen LogP) is 3.98. The van der Waals surface area contributed by atoms with Gasteiger partial charge < -0.3 is 16.0 Å². The highest BCUT2D eigenvalue weighted by Crippen LogP contribution is 2.32. The first-order valence-electron chi connectivity index (χ1n) is 8.89. The molecule has 0 aliphatic carbocycles. The first kappa shape index (κ1) is 16.4. The SMILES string of the molecule is Cc1cccc(Nc2ncnc(N3CCc4ccccc4C3)c2N)c1C. The fraction of sp³-hybridized carbons (Fsp3) is 0.238. The average molecular weight is 345 g/mol. The molecule has 1 aliphatic heterocycles. The Morgan fingerprint density at radius 3 is 2.65 bits per heavy atom. The van der Waals surface area contributed by atoms with Crippen LogP contribution in [0.15, 0.2) is 48.8 Å². The maximum atomic E-state index is 6.44. The molecule has 0 radical (unpaired) electrons. The van der Waals surface area contributed by atoms with Crippen LogP contribution in [-0.2, 0) is 13.0 Å². The number of hydrogen-bond acceptors (Lipinski definition) is 5. The quantitative estimate of drug-likeness (QED) is 0.751. The molecule has 0 amide bonds. The van der Waals surface area contributed by atoms with Crippen molar-refractivity contribution in [3.05, 3.63) is 71.0 Å². The summed E-state index contributed by atoms with van der Waals surface area (Å²) in [5.41, 5.74) is 13.2. The van der Waals surface area contributed by atoms with Crippen LogP contribution in [0.25, 0.3) is 0 Å². The van der Waals surface area contributed by atoms with E-state index in [2.05, 4.69) is 64.4 Å². The molecule has 0 bridgehead atoms. The molecular weight excluding hydrogens is 322 g/mol. The van der Waals surface area contributed by atoms with Crippen molar-refractivity contribution in [2.24, 2.45) is 0 Å². The van der Waals surface area contributed by atoms with E-state index in [9.17, 15) is 0 Å². The first-order chi connectivity index (χ1) is 12.6. The van der Waals surface area contributed by atoms with E-state index in [0.29, 0.717) is 11.5 Å². The van der Waals surface area contributed by atoms with Crippen LogP contribution in [0, 0.1) is 13.8 Å². The van der Waals surface area contributed by atoms with Crippen LogP contribution in [0.5, 0.6) is 0 Å². The van der Waals surface area contributed by atoms with Gasteiger partial charge in [-0.2, -0.15) is 0 Å². The number of aromatic nitrogens is 2. The third-order valence-electron chi connectivity index (χ3n) is 5.15. The van der Waals surface area contributed by atoms with Gasteiger partial charge in [-0.3, -0.25) is 0 Å². The predicted molar refractivity (Wildman–Crippen MR) is 107 cm³/mol. The molecule has 3 aromatic rings. The molecule has 0 saturated heterocycles. The van der Waals surface area contributed by atoms with Crippen molar-refractivity contribution < 1.29 is 0 Å². The van der Waals surface area contributed by atoms with Crippen LogP contribution >= 0.6 is 0 Å². The lowest BCUT2D eigenvalue weighted by atomic mass is 10.00. The molecule has 5 nitrogen and oxygen atoms in total. The Morgan fingerprint density at radius 2 is 1.81 bits per heavy atom. The minimum absolute atomic E-state index is 0.591. The first-order valence-corrected chi connectivity index (χ1v) is 8.89. The zero-order chi connectivity index (χ0) is 18.1. The summed E-state index contributed by atoms with van der Waals surface area (Å²) >= 11 is 0. The molecular formula is C21H23N5. The highest BCUT2D eigenvalue weighted by atomic mass is 15.2. The molecule has 1 aliphatic rings. The maximum Gasteiger partial charge on any atom is 0.159 e. The van der Waals surface area contributed by atoms with E-state index >= 15 is 0 Å². The number of anilines is 4. The van der Waals surface area contributed by atoms with Crippen molar-refractivity contribution in [1.82, 2.24) is 9.97 Å². The molecule has 3 N–H and O–H groups in total. The normalized spacial score (nSPS) is 13.4. The molecule has 0 unspecified atom stereocenters. The summed E-state index contributed by atoms with van der Waals surface area (Å²) in [6.45, 7) is 5.92. The molecule has 132 valence electrons. The van der Waals surface area contributed by atoms with E-state index in [1.54, 1.807) is 6.33 Å². The van der Waals surface area contributed by atoms with Crippen LogP contribution in [0.3, 0.4) is 0 Å². The number of nitrogens with two attached hydrogens (primary N) is 1. The topological polar surface area (TPSA) is 67.1 Å². The second kappa shape index (κ2) is 6.67. The molecule has 0 atom stereocenters. The van der Waals surface area contributed by atoms with Gasteiger partial charge in [0.25, 0.3) is 0 Å². The van der Waals surface area contributed by atoms with Crippen molar-refractivity contribution in [3.63, 3.8) is 0 Å². The molecule has 0 fully saturated rings. The van der Waals surface area contributed by atoms with Crippen LogP contribution in [0.2, 0.25) is 0 Å². The van der Waals surface area contributed by atoms with Gasteiger partial charge in [0.15, 0.2) is 11.6 Å². The fourth-order valence-corrected chi connectivity index (χ4v) is 3.43. The summed E-state index contributed by atoms with van der Waals surface area (Å²) < 4.78 is 0. The van der Waals surface area contributed by atoms with Crippen LogP contribution in [0.1, 0.15) is 22.3 Å². The van der Waals surface area contributed by atoms with Gasteiger partial charge in [0.1, 0.15) is 12.0 Å². The second-order valence-corrected chi connectivity index (χ2v) is 6.77. The number of rotatable bonds is 3. The minimum atomic E-state index is 0.591. The number of nitrogens with one attached hydrogen (secondary N) is 1. The highest BCUT2D eigenvalue weighted by molar-refractivity contribution is 5.79. The number of nitrogens with zero attached hydrogens (tertiary/aromatic N) is 3. The van der Waals surface area contributed by atoms with Crippen LogP contribution in [0.4, 0.5) is 23.0 Å².